The first-order valence-electron chi connectivity index (χ1n) is 6.30. The van der Waals surface area contributed by atoms with Crippen LogP contribution < -0.4 is 4.74 Å². The second kappa shape index (κ2) is 5.94. The molecule has 0 spiro atoms. The summed E-state index contributed by atoms with van der Waals surface area (Å²) in [5.74, 6) is 0.798. The van der Waals surface area contributed by atoms with Crippen molar-refractivity contribution in [2.75, 3.05) is 0 Å². The summed E-state index contributed by atoms with van der Waals surface area (Å²) >= 11 is 3.39. The SMILES string of the molecule is Cc1cc(Oc2cc(Br)ccc2C)c(C(C)O)cc1F. The highest BCUT2D eigenvalue weighted by atomic mass is 79.9. The normalized spacial score (nSPS) is 12.3. The Labute approximate surface area is 126 Å². The van der Waals surface area contributed by atoms with E-state index in [9.17, 15) is 9.50 Å². The Balaban J connectivity index is 2.47. The summed E-state index contributed by atoms with van der Waals surface area (Å²) in [6, 6.07) is 8.63. The summed E-state index contributed by atoms with van der Waals surface area (Å²) in [6.45, 7) is 5.19. The molecule has 0 aromatic heterocycles. The number of benzene rings is 2. The smallest absolute Gasteiger partial charge is 0.133 e. The van der Waals surface area contributed by atoms with Crippen molar-refractivity contribution in [3.8, 4) is 11.5 Å². The Morgan fingerprint density at radius 1 is 1.10 bits per heavy atom. The van der Waals surface area contributed by atoms with E-state index in [1.807, 2.05) is 25.1 Å². The third-order valence-electron chi connectivity index (χ3n) is 3.11. The lowest BCUT2D eigenvalue weighted by Crippen LogP contribution is -1.99. The van der Waals surface area contributed by atoms with Gasteiger partial charge in [0.1, 0.15) is 17.3 Å². The summed E-state index contributed by atoms with van der Waals surface area (Å²) in [5.41, 5.74) is 1.89. The van der Waals surface area contributed by atoms with Crippen LogP contribution in [-0.4, -0.2) is 5.11 Å². The van der Waals surface area contributed by atoms with Crippen LogP contribution in [0, 0.1) is 19.7 Å². The lowest BCUT2D eigenvalue weighted by molar-refractivity contribution is 0.195. The Kier molecular flexibility index (Phi) is 4.45. The van der Waals surface area contributed by atoms with Gasteiger partial charge in [0.2, 0.25) is 0 Å². The second-order valence-corrected chi connectivity index (χ2v) is 5.74. The lowest BCUT2D eigenvalue weighted by atomic mass is 10.1. The van der Waals surface area contributed by atoms with E-state index in [4.69, 9.17) is 4.74 Å². The number of hydrogen-bond donors (Lipinski definition) is 1. The third-order valence-corrected chi connectivity index (χ3v) is 3.60. The molecular formula is C16H16BrFO2. The van der Waals surface area contributed by atoms with Crippen molar-refractivity contribution < 1.29 is 14.2 Å². The number of aliphatic hydroxyl groups is 1. The summed E-state index contributed by atoms with van der Waals surface area (Å²) < 4.78 is 20.4. The quantitative estimate of drug-likeness (QED) is 0.848. The zero-order valence-corrected chi connectivity index (χ0v) is 13.2. The molecule has 0 amide bonds. The third kappa shape index (κ3) is 3.19. The average Bonchev–Trinajstić information content (AvgIpc) is 2.37. The Hall–Kier alpha value is -1.39. The molecule has 0 aliphatic carbocycles. The van der Waals surface area contributed by atoms with E-state index < -0.39 is 6.10 Å². The topological polar surface area (TPSA) is 29.5 Å². The van der Waals surface area contributed by atoms with Crippen molar-refractivity contribution in [1.82, 2.24) is 0 Å². The van der Waals surface area contributed by atoms with E-state index in [2.05, 4.69) is 15.9 Å². The van der Waals surface area contributed by atoms with E-state index in [0.717, 1.165) is 10.0 Å². The fourth-order valence-electron chi connectivity index (χ4n) is 1.89. The molecule has 0 heterocycles. The molecule has 2 nitrogen and oxygen atoms in total. The van der Waals surface area contributed by atoms with Crippen molar-refractivity contribution in [1.29, 1.82) is 0 Å². The van der Waals surface area contributed by atoms with Gasteiger partial charge in [-0.1, -0.05) is 22.0 Å². The molecular weight excluding hydrogens is 323 g/mol. The van der Waals surface area contributed by atoms with Crippen molar-refractivity contribution in [3.63, 3.8) is 0 Å². The minimum Gasteiger partial charge on any atom is -0.457 e. The molecule has 2 rings (SSSR count). The van der Waals surface area contributed by atoms with Crippen LogP contribution in [0.1, 0.15) is 29.7 Å². The van der Waals surface area contributed by atoms with E-state index >= 15 is 0 Å². The van der Waals surface area contributed by atoms with Crippen molar-refractivity contribution in [3.05, 3.63) is 57.3 Å². The fraction of sp³-hybridized carbons (Fsp3) is 0.250. The minimum atomic E-state index is -0.799. The zero-order valence-electron chi connectivity index (χ0n) is 11.6. The number of aryl methyl sites for hydroxylation is 2. The predicted octanol–water partition coefficient (Wildman–Crippen LogP) is 5.05. The molecule has 0 aliphatic heterocycles. The van der Waals surface area contributed by atoms with Gasteiger partial charge >= 0.3 is 0 Å². The molecule has 1 unspecified atom stereocenters. The number of aliphatic hydroxyl groups excluding tert-OH is 1. The highest BCUT2D eigenvalue weighted by Crippen LogP contribution is 2.34. The van der Waals surface area contributed by atoms with Crippen molar-refractivity contribution in [2.45, 2.75) is 26.9 Å². The highest BCUT2D eigenvalue weighted by Gasteiger charge is 2.14. The molecule has 0 aliphatic rings. The summed E-state index contributed by atoms with van der Waals surface area (Å²) in [7, 11) is 0. The second-order valence-electron chi connectivity index (χ2n) is 4.83. The Bertz CT molecular complexity index is 639. The van der Waals surface area contributed by atoms with Gasteiger partial charge in [-0.15, -0.1) is 0 Å². The molecule has 2 aromatic rings. The molecule has 1 atom stereocenters. The first-order chi connectivity index (χ1) is 9.38. The van der Waals surface area contributed by atoms with Crippen LogP contribution in [0.25, 0.3) is 0 Å². The van der Waals surface area contributed by atoms with Gasteiger partial charge in [-0.3, -0.25) is 0 Å². The van der Waals surface area contributed by atoms with Crippen LogP contribution in [0.2, 0.25) is 0 Å². The van der Waals surface area contributed by atoms with Gasteiger partial charge in [0.25, 0.3) is 0 Å². The van der Waals surface area contributed by atoms with Crippen molar-refractivity contribution >= 4 is 15.9 Å². The molecule has 0 saturated carbocycles. The van der Waals surface area contributed by atoms with Gasteiger partial charge < -0.3 is 9.84 Å². The summed E-state index contributed by atoms with van der Waals surface area (Å²) in [6.07, 6.45) is -0.799. The van der Waals surface area contributed by atoms with E-state index in [1.165, 1.54) is 6.07 Å². The average molecular weight is 339 g/mol. The van der Waals surface area contributed by atoms with Crippen LogP contribution in [0.5, 0.6) is 11.5 Å². The van der Waals surface area contributed by atoms with Crippen molar-refractivity contribution in [2.24, 2.45) is 0 Å². The molecule has 20 heavy (non-hydrogen) atoms. The predicted molar refractivity (Wildman–Crippen MR) is 80.7 cm³/mol. The minimum absolute atomic E-state index is 0.348. The lowest BCUT2D eigenvalue weighted by Gasteiger charge is -2.16. The Morgan fingerprint density at radius 2 is 1.80 bits per heavy atom. The van der Waals surface area contributed by atoms with E-state index in [-0.39, 0.29) is 5.82 Å². The highest BCUT2D eigenvalue weighted by molar-refractivity contribution is 9.10. The molecule has 1 N–H and O–H groups in total. The molecule has 0 fully saturated rings. The van der Waals surface area contributed by atoms with Gasteiger partial charge in [-0.05, 0) is 56.2 Å². The largest absolute Gasteiger partial charge is 0.457 e. The number of ether oxygens (including phenoxy) is 1. The molecule has 2 aromatic carbocycles. The molecule has 4 heteroatoms. The molecule has 0 saturated heterocycles. The first kappa shape index (κ1) is 15.0. The van der Waals surface area contributed by atoms with E-state index in [1.54, 1.807) is 19.9 Å². The van der Waals surface area contributed by atoms with E-state index in [0.29, 0.717) is 22.6 Å². The van der Waals surface area contributed by atoms with Gasteiger partial charge in [0.05, 0.1) is 6.10 Å². The maximum Gasteiger partial charge on any atom is 0.133 e. The molecule has 0 bridgehead atoms. The van der Waals surface area contributed by atoms with Gasteiger partial charge in [-0.25, -0.2) is 4.39 Å². The maximum absolute atomic E-state index is 13.6. The van der Waals surface area contributed by atoms with Crippen LogP contribution in [0.3, 0.4) is 0 Å². The van der Waals surface area contributed by atoms with Crippen LogP contribution in [0.4, 0.5) is 4.39 Å². The molecule has 106 valence electrons. The standard InChI is InChI=1S/C16H16BrFO2/c1-9-4-5-12(17)7-15(9)20-16-6-10(2)14(18)8-13(16)11(3)19/h4-8,11,19H,1-3H3. The van der Waals surface area contributed by atoms with Gasteiger partial charge in [0, 0.05) is 10.0 Å². The monoisotopic (exact) mass is 338 g/mol. The number of hydrogen-bond acceptors (Lipinski definition) is 2. The molecule has 0 radical (unpaired) electrons. The van der Waals surface area contributed by atoms with Crippen LogP contribution >= 0.6 is 15.9 Å². The van der Waals surface area contributed by atoms with Crippen LogP contribution in [0.15, 0.2) is 34.8 Å². The first-order valence-corrected chi connectivity index (χ1v) is 7.10. The van der Waals surface area contributed by atoms with Gasteiger partial charge in [0.15, 0.2) is 0 Å². The summed E-state index contributed by atoms with van der Waals surface area (Å²) in [4.78, 5) is 0. The van der Waals surface area contributed by atoms with Gasteiger partial charge in [-0.2, -0.15) is 0 Å². The number of halogens is 2. The fourth-order valence-corrected chi connectivity index (χ4v) is 2.23. The van der Waals surface area contributed by atoms with Crippen LogP contribution in [-0.2, 0) is 0 Å². The summed E-state index contributed by atoms with van der Waals surface area (Å²) in [5, 5.41) is 9.77. The zero-order chi connectivity index (χ0) is 14.9. The maximum atomic E-state index is 13.6. The Morgan fingerprint density at radius 3 is 2.45 bits per heavy atom. The number of rotatable bonds is 3.